The van der Waals surface area contributed by atoms with Gasteiger partial charge in [-0.3, -0.25) is 4.98 Å². The first-order valence-corrected chi connectivity index (χ1v) is 6.82. The second-order valence-corrected chi connectivity index (χ2v) is 5.12. The summed E-state index contributed by atoms with van der Waals surface area (Å²) in [6, 6.07) is 8.44. The number of benzene rings is 1. The molecular formula is C17H18ClFN2O. The Morgan fingerprint density at radius 2 is 1.82 bits per heavy atom. The molecule has 0 aliphatic carbocycles. The zero-order chi connectivity index (χ0) is 15.0. The Hall–Kier alpha value is -1.91. The number of rotatable bonds is 3. The summed E-state index contributed by atoms with van der Waals surface area (Å²) in [4.78, 5) is 4.51. The summed E-state index contributed by atoms with van der Waals surface area (Å²) in [6.45, 7) is 4.64. The number of methoxy groups -OCH3 is 1. The zero-order valence-corrected chi connectivity index (χ0v) is 13.6. The van der Waals surface area contributed by atoms with Crippen molar-refractivity contribution >= 4 is 23.3 Å². The lowest BCUT2D eigenvalue weighted by molar-refractivity contribution is 0.133. The quantitative estimate of drug-likeness (QED) is 0.711. The fourth-order valence-electron chi connectivity index (χ4n) is 2.70. The summed E-state index contributed by atoms with van der Waals surface area (Å²) < 4.78 is 20.6. The predicted molar refractivity (Wildman–Crippen MR) is 88.9 cm³/mol. The van der Waals surface area contributed by atoms with Gasteiger partial charge >= 0.3 is 0 Å². The number of aryl methyl sites for hydroxylation is 1. The minimum atomic E-state index is -0.245. The molecule has 0 fully saturated rings. The van der Waals surface area contributed by atoms with Crippen LogP contribution in [0.2, 0.25) is 0 Å². The molecule has 0 unspecified atom stereocenters. The topological polar surface area (TPSA) is 27.1 Å². The third-order valence-corrected chi connectivity index (χ3v) is 3.92. The van der Waals surface area contributed by atoms with E-state index in [1.54, 1.807) is 25.4 Å². The van der Waals surface area contributed by atoms with Crippen molar-refractivity contribution in [2.24, 2.45) is 0 Å². The van der Waals surface area contributed by atoms with Crippen LogP contribution >= 0.6 is 12.4 Å². The summed E-state index contributed by atoms with van der Waals surface area (Å²) in [5.74, 6) is -0.245. The van der Waals surface area contributed by atoms with Crippen molar-refractivity contribution in [3.63, 3.8) is 0 Å². The van der Waals surface area contributed by atoms with Crippen LogP contribution in [0.1, 0.15) is 11.3 Å². The van der Waals surface area contributed by atoms with Crippen molar-refractivity contribution in [2.45, 2.75) is 20.6 Å². The number of nitrogens with zero attached hydrogens (tertiary/aromatic N) is 2. The molecule has 0 spiro atoms. The lowest BCUT2D eigenvalue weighted by Crippen LogP contribution is -2.03. The van der Waals surface area contributed by atoms with E-state index in [0.717, 1.165) is 27.9 Å². The van der Waals surface area contributed by atoms with Gasteiger partial charge in [0.2, 0.25) is 0 Å². The molecule has 1 aromatic carbocycles. The van der Waals surface area contributed by atoms with E-state index in [2.05, 4.69) is 23.4 Å². The molecule has 3 rings (SSSR count). The minimum absolute atomic E-state index is 0. The SMILES string of the molecule is COCn1c(C)c(C)c2ccnc(-c3ccc(F)cc3)c21.Cl. The highest BCUT2D eigenvalue weighted by atomic mass is 35.5. The fraction of sp³-hybridized carbons (Fsp3) is 0.235. The fourth-order valence-corrected chi connectivity index (χ4v) is 2.70. The molecule has 2 aromatic heterocycles. The van der Waals surface area contributed by atoms with Gasteiger partial charge in [0, 0.05) is 30.0 Å². The zero-order valence-electron chi connectivity index (χ0n) is 12.8. The van der Waals surface area contributed by atoms with Crippen molar-refractivity contribution in [3.8, 4) is 11.3 Å². The van der Waals surface area contributed by atoms with E-state index >= 15 is 0 Å². The molecule has 5 heteroatoms. The van der Waals surface area contributed by atoms with Gasteiger partial charge in [-0.15, -0.1) is 12.4 Å². The van der Waals surface area contributed by atoms with Gasteiger partial charge in [0.1, 0.15) is 12.5 Å². The van der Waals surface area contributed by atoms with E-state index in [9.17, 15) is 4.39 Å². The van der Waals surface area contributed by atoms with Gasteiger partial charge in [-0.1, -0.05) is 0 Å². The van der Waals surface area contributed by atoms with Crippen LogP contribution in [0.25, 0.3) is 22.2 Å². The number of aromatic nitrogens is 2. The Kier molecular flexibility index (Phi) is 4.84. The normalized spacial score (nSPS) is 10.7. The van der Waals surface area contributed by atoms with E-state index in [1.807, 2.05) is 6.07 Å². The molecule has 0 atom stereocenters. The van der Waals surface area contributed by atoms with Crippen LogP contribution in [0.5, 0.6) is 0 Å². The van der Waals surface area contributed by atoms with Crippen LogP contribution in [0.4, 0.5) is 4.39 Å². The molecule has 3 nitrogen and oxygen atoms in total. The summed E-state index contributed by atoms with van der Waals surface area (Å²) in [6.07, 6.45) is 1.80. The molecule has 22 heavy (non-hydrogen) atoms. The summed E-state index contributed by atoms with van der Waals surface area (Å²) in [5.41, 5.74) is 5.15. The van der Waals surface area contributed by atoms with Crippen LogP contribution in [0.15, 0.2) is 36.5 Å². The van der Waals surface area contributed by atoms with Crippen LogP contribution in [-0.4, -0.2) is 16.7 Å². The van der Waals surface area contributed by atoms with Gasteiger partial charge in [-0.25, -0.2) is 4.39 Å². The molecule has 3 aromatic rings. The molecule has 0 aliphatic heterocycles. The standard InChI is InChI=1S/C17H17FN2O.ClH/c1-11-12(2)20(10-21-3)17-15(11)8-9-19-16(17)13-4-6-14(18)7-5-13;/h4-9H,10H2,1-3H3;1H. The van der Waals surface area contributed by atoms with E-state index < -0.39 is 0 Å². The third-order valence-electron chi connectivity index (χ3n) is 3.92. The molecule has 0 aliphatic rings. The average Bonchev–Trinajstić information content (AvgIpc) is 2.74. The molecule has 0 saturated carbocycles. The Balaban J connectivity index is 0.00000176. The number of halogens is 2. The van der Waals surface area contributed by atoms with E-state index in [1.165, 1.54) is 17.7 Å². The highest BCUT2D eigenvalue weighted by Gasteiger charge is 2.16. The van der Waals surface area contributed by atoms with Gasteiger partial charge in [-0.05, 0) is 49.7 Å². The lowest BCUT2D eigenvalue weighted by atomic mass is 10.1. The van der Waals surface area contributed by atoms with Gasteiger partial charge in [0.15, 0.2) is 0 Å². The Morgan fingerprint density at radius 3 is 2.45 bits per heavy atom. The van der Waals surface area contributed by atoms with Crippen LogP contribution in [-0.2, 0) is 11.5 Å². The Bertz CT molecular complexity index is 797. The van der Waals surface area contributed by atoms with Crippen molar-refractivity contribution in [1.82, 2.24) is 9.55 Å². The van der Waals surface area contributed by atoms with Crippen molar-refractivity contribution in [2.75, 3.05) is 7.11 Å². The van der Waals surface area contributed by atoms with Crippen LogP contribution in [0, 0.1) is 19.7 Å². The first kappa shape index (κ1) is 16.5. The van der Waals surface area contributed by atoms with Crippen molar-refractivity contribution in [3.05, 3.63) is 53.6 Å². The molecular weight excluding hydrogens is 303 g/mol. The number of pyridine rings is 1. The summed E-state index contributed by atoms with van der Waals surface area (Å²) in [7, 11) is 1.68. The van der Waals surface area contributed by atoms with Gasteiger partial charge in [0.05, 0.1) is 11.2 Å². The highest BCUT2D eigenvalue weighted by molar-refractivity contribution is 5.95. The molecule has 0 N–H and O–H groups in total. The second kappa shape index (κ2) is 6.46. The van der Waals surface area contributed by atoms with Crippen molar-refractivity contribution < 1.29 is 9.13 Å². The second-order valence-electron chi connectivity index (χ2n) is 5.12. The largest absolute Gasteiger partial charge is 0.364 e. The van der Waals surface area contributed by atoms with E-state index in [4.69, 9.17) is 4.74 Å². The molecule has 0 amide bonds. The number of hydrogen-bond acceptors (Lipinski definition) is 2. The van der Waals surface area contributed by atoms with E-state index in [-0.39, 0.29) is 18.2 Å². The van der Waals surface area contributed by atoms with Gasteiger partial charge < -0.3 is 9.30 Å². The van der Waals surface area contributed by atoms with Gasteiger partial charge in [0.25, 0.3) is 0 Å². The van der Waals surface area contributed by atoms with Crippen molar-refractivity contribution in [1.29, 1.82) is 0 Å². The molecule has 0 radical (unpaired) electrons. The lowest BCUT2D eigenvalue weighted by Gasteiger charge is -2.10. The molecule has 116 valence electrons. The predicted octanol–water partition coefficient (Wildman–Crippen LogP) is 4.48. The van der Waals surface area contributed by atoms with Crippen LogP contribution < -0.4 is 0 Å². The first-order valence-electron chi connectivity index (χ1n) is 6.82. The van der Waals surface area contributed by atoms with E-state index in [0.29, 0.717) is 6.73 Å². The molecule has 2 heterocycles. The maximum Gasteiger partial charge on any atom is 0.123 e. The third kappa shape index (κ3) is 2.60. The molecule has 0 saturated heterocycles. The average molecular weight is 321 g/mol. The number of hydrogen-bond donors (Lipinski definition) is 0. The molecule has 0 bridgehead atoms. The first-order chi connectivity index (χ1) is 10.1. The minimum Gasteiger partial charge on any atom is -0.364 e. The monoisotopic (exact) mass is 320 g/mol. The Labute approximate surface area is 135 Å². The summed E-state index contributed by atoms with van der Waals surface area (Å²) in [5, 5.41) is 1.15. The maximum absolute atomic E-state index is 13.1. The van der Waals surface area contributed by atoms with Crippen LogP contribution in [0.3, 0.4) is 0 Å². The maximum atomic E-state index is 13.1. The smallest absolute Gasteiger partial charge is 0.123 e. The highest BCUT2D eigenvalue weighted by Crippen LogP contribution is 2.32. The number of fused-ring (bicyclic) bond motifs is 1. The Morgan fingerprint density at radius 1 is 1.14 bits per heavy atom. The summed E-state index contributed by atoms with van der Waals surface area (Å²) >= 11 is 0. The van der Waals surface area contributed by atoms with Gasteiger partial charge in [-0.2, -0.15) is 0 Å². The number of ether oxygens (including phenoxy) is 1.